The molecule has 3 aromatic rings. The second-order valence-electron chi connectivity index (χ2n) is 8.85. The van der Waals surface area contributed by atoms with Crippen LogP contribution in [0.2, 0.25) is 0 Å². The first-order chi connectivity index (χ1) is 18.0. The predicted octanol–water partition coefficient (Wildman–Crippen LogP) is 3.18. The van der Waals surface area contributed by atoms with E-state index in [9.17, 15) is 27.6 Å². The van der Waals surface area contributed by atoms with Gasteiger partial charge in [0.05, 0.1) is 11.6 Å². The van der Waals surface area contributed by atoms with Crippen molar-refractivity contribution < 1.29 is 27.6 Å². The van der Waals surface area contributed by atoms with Crippen molar-refractivity contribution in [3.63, 3.8) is 0 Å². The van der Waals surface area contributed by atoms with Crippen molar-refractivity contribution in [2.45, 2.75) is 31.5 Å². The standard InChI is InChI=1S/C25H26F3N7O3/c1-34-19-8-3-2-7-18(19)20(33-34)22(36)30-14-17-6-4-5-13-35(17)24(38)31-16-11-9-15(10-12-16)21(29)32-23(37)25(26,27)28/h2-3,7-12,17H,4-6,13-14H2,1H3,(H,30,36)(H,31,38)(H2,29,32,37). The number of aliphatic imine (C=N–C) groups is 1. The summed E-state index contributed by atoms with van der Waals surface area (Å²) in [7, 11) is 1.77. The molecule has 0 spiro atoms. The van der Waals surface area contributed by atoms with E-state index in [1.54, 1.807) is 16.6 Å². The number of piperidine rings is 1. The predicted molar refractivity (Wildman–Crippen MR) is 135 cm³/mol. The minimum Gasteiger partial charge on any atom is -0.383 e. The summed E-state index contributed by atoms with van der Waals surface area (Å²) in [5.41, 5.74) is 7.13. The second kappa shape index (κ2) is 10.9. The molecule has 0 radical (unpaired) electrons. The average molecular weight is 530 g/mol. The van der Waals surface area contributed by atoms with Crippen LogP contribution in [0.5, 0.6) is 0 Å². The van der Waals surface area contributed by atoms with Crippen molar-refractivity contribution in [1.82, 2.24) is 20.0 Å². The van der Waals surface area contributed by atoms with Gasteiger partial charge in [-0.3, -0.25) is 14.3 Å². The first-order valence-electron chi connectivity index (χ1n) is 11.9. The molecule has 2 heterocycles. The van der Waals surface area contributed by atoms with Crippen LogP contribution in [0.3, 0.4) is 0 Å². The summed E-state index contributed by atoms with van der Waals surface area (Å²) in [5, 5.41) is 10.7. The molecule has 1 fully saturated rings. The van der Waals surface area contributed by atoms with Gasteiger partial charge in [0, 0.05) is 36.8 Å². The first-order valence-corrected chi connectivity index (χ1v) is 11.9. The topological polar surface area (TPSA) is 135 Å². The number of benzene rings is 2. The molecule has 1 unspecified atom stereocenters. The summed E-state index contributed by atoms with van der Waals surface area (Å²) < 4.78 is 38.8. The lowest BCUT2D eigenvalue weighted by Gasteiger charge is -2.35. The number of nitrogens with one attached hydrogen (secondary N) is 2. The number of rotatable bonds is 5. The third kappa shape index (κ3) is 5.93. The Labute approximate surface area is 215 Å². The van der Waals surface area contributed by atoms with E-state index < -0.39 is 17.9 Å². The largest absolute Gasteiger partial charge is 0.473 e. The smallest absolute Gasteiger partial charge is 0.383 e. The van der Waals surface area contributed by atoms with Gasteiger partial charge in [0.2, 0.25) is 0 Å². The first kappa shape index (κ1) is 26.6. The number of urea groups is 1. The molecule has 1 aromatic heterocycles. The molecule has 4 rings (SSSR count). The fourth-order valence-corrected chi connectivity index (χ4v) is 4.31. The van der Waals surface area contributed by atoms with Gasteiger partial charge in [-0.25, -0.2) is 4.79 Å². The minimum atomic E-state index is -5.12. The lowest BCUT2D eigenvalue weighted by molar-refractivity contribution is -0.169. The number of nitrogens with zero attached hydrogens (tertiary/aromatic N) is 4. The maximum absolute atomic E-state index is 13.0. The van der Waals surface area contributed by atoms with Gasteiger partial charge in [-0.15, -0.1) is 0 Å². The van der Waals surface area contributed by atoms with E-state index in [1.807, 2.05) is 24.3 Å². The maximum atomic E-state index is 13.0. The van der Waals surface area contributed by atoms with Gasteiger partial charge < -0.3 is 21.3 Å². The molecular weight excluding hydrogens is 503 g/mol. The van der Waals surface area contributed by atoms with Crippen LogP contribution in [-0.4, -0.2) is 63.7 Å². The van der Waals surface area contributed by atoms with E-state index in [1.165, 1.54) is 24.3 Å². The number of amides is 4. The molecule has 4 amide bonds. The van der Waals surface area contributed by atoms with Gasteiger partial charge in [0.15, 0.2) is 5.69 Å². The van der Waals surface area contributed by atoms with Crippen molar-refractivity contribution in [3.8, 4) is 0 Å². The van der Waals surface area contributed by atoms with E-state index in [2.05, 4.69) is 20.7 Å². The Bertz CT molecular complexity index is 1380. The fourth-order valence-electron chi connectivity index (χ4n) is 4.31. The Kier molecular flexibility index (Phi) is 7.65. The number of alkyl halides is 3. The molecular formula is C25H26F3N7O3. The summed E-state index contributed by atoms with van der Waals surface area (Å²) in [4.78, 5) is 41.4. The zero-order valence-corrected chi connectivity index (χ0v) is 20.5. The summed E-state index contributed by atoms with van der Waals surface area (Å²) in [6.45, 7) is 0.743. The van der Waals surface area contributed by atoms with Crippen LogP contribution in [0.25, 0.3) is 10.9 Å². The van der Waals surface area contributed by atoms with Crippen molar-refractivity contribution in [1.29, 1.82) is 0 Å². The highest BCUT2D eigenvalue weighted by atomic mass is 19.4. The highest BCUT2D eigenvalue weighted by molar-refractivity contribution is 6.06. The molecule has 0 bridgehead atoms. The number of amidine groups is 1. The number of anilines is 1. The molecule has 1 saturated heterocycles. The van der Waals surface area contributed by atoms with Crippen LogP contribution < -0.4 is 16.4 Å². The van der Waals surface area contributed by atoms with Gasteiger partial charge in [0.1, 0.15) is 5.84 Å². The number of hydrogen-bond acceptors (Lipinski definition) is 4. The Hall–Kier alpha value is -4.42. The summed E-state index contributed by atoms with van der Waals surface area (Å²) >= 11 is 0. The fraction of sp³-hybridized carbons (Fsp3) is 0.320. The number of aromatic nitrogens is 2. The quantitative estimate of drug-likeness (QED) is 0.345. The number of nitrogens with two attached hydrogens (primary N) is 1. The van der Waals surface area contributed by atoms with Crippen molar-refractivity contribution >= 4 is 40.3 Å². The monoisotopic (exact) mass is 529 g/mol. The Morgan fingerprint density at radius 1 is 1.11 bits per heavy atom. The minimum absolute atomic E-state index is 0.0983. The Morgan fingerprint density at radius 2 is 1.82 bits per heavy atom. The van der Waals surface area contributed by atoms with Crippen LogP contribution in [0, 0.1) is 0 Å². The van der Waals surface area contributed by atoms with Crippen LogP contribution in [0.15, 0.2) is 53.5 Å². The van der Waals surface area contributed by atoms with Crippen LogP contribution >= 0.6 is 0 Å². The van der Waals surface area contributed by atoms with Gasteiger partial charge in [0.25, 0.3) is 5.91 Å². The summed E-state index contributed by atoms with van der Waals surface area (Å²) in [6.07, 6.45) is -2.70. The van der Waals surface area contributed by atoms with E-state index in [0.717, 1.165) is 23.7 Å². The molecule has 10 nitrogen and oxygen atoms in total. The maximum Gasteiger partial charge on any atom is 0.473 e. The van der Waals surface area contributed by atoms with Crippen LogP contribution in [0.4, 0.5) is 23.7 Å². The summed E-state index contributed by atoms with van der Waals surface area (Å²) in [6, 6.07) is 12.4. The van der Waals surface area contributed by atoms with E-state index in [-0.39, 0.29) is 30.1 Å². The van der Waals surface area contributed by atoms with E-state index in [4.69, 9.17) is 5.73 Å². The highest BCUT2D eigenvalue weighted by Gasteiger charge is 2.38. The van der Waals surface area contributed by atoms with Crippen LogP contribution in [0.1, 0.15) is 35.3 Å². The molecule has 4 N–H and O–H groups in total. The summed E-state index contributed by atoms with van der Waals surface area (Å²) in [5.74, 6) is -3.21. The SMILES string of the molecule is Cn1nc(C(=O)NCC2CCCCN2C(=O)Nc2ccc(C(N)=NC(=O)C(F)(F)F)cc2)c2ccccc21. The zero-order chi connectivity index (χ0) is 27.4. The molecule has 0 aliphatic carbocycles. The third-order valence-electron chi connectivity index (χ3n) is 6.26. The van der Waals surface area contributed by atoms with Gasteiger partial charge in [-0.05, 0) is 49.6 Å². The highest BCUT2D eigenvalue weighted by Crippen LogP contribution is 2.21. The number of aryl methyl sites for hydroxylation is 1. The zero-order valence-electron chi connectivity index (χ0n) is 20.5. The molecule has 1 atom stereocenters. The second-order valence-corrected chi connectivity index (χ2v) is 8.85. The lowest BCUT2D eigenvalue weighted by atomic mass is 10.0. The van der Waals surface area contributed by atoms with Gasteiger partial charge >= 0.3 is 18.1 Å². The van der Waals surface area contributed by atoms with E-state index >= 15 is 0 Å². The number of halogens is 3. The lowest BCUT2D eigenvalue weighted by Crippen LogP contribution is -2.50. The normalized spacial score (nSPS) is 16.4. The molecule has 1 aliphatic rings. The van der Waals surface area contributed by atoms with Gasteiger partial charge in [-0.1, -0.05) is 18.2 Å². The number of fused-ring (bicyclic) bond motifs is 1. The van der Waals surface area contributed by atoms with Crippen LogP contribution in [-0.2, 0) is 11.8 Å². The molecule has 13 heteroatoms. The number of likely N-dealkylation sites (tertiary alicyclic amines) is 1. The average Bonchev–Trinajstić information content (AvgIpc) is 3.24. The molecule has 0 saturated carbocycles. The van der Waals surface area contributed by atoms with Crippen molar-refractivity contribution in [3.05, 3.63) is 59.8 Å². The number of hydrogen-bond donors (Lipinski definition) is 3. The molecule has 1 aliphatic heterocycles. The number of carbonyl (C=O) groups is 3. The molecule has 38 heavy (non-hydrogen) atoms. The molecule has 200 valence electrons. The Balaban J connectivity index is 1.38. The van der Waals surface area contributed by atoms with Crippen molar-refractivity contribution in [2.75, 3.05) is 18.4 Å². The number of carbonyl (C=O) groups excluding carboxylic acids is 3. The third-order valence-corrected chi connectivity index (χ3v) is 6.26. The van der Waals surface area contributed by atoms with Crippen molar-refractivity contribution in [2.24, 2.45) is 17.8 Å². The Morgan fingerprint density at radius 3 is 2.53 bits per heavy atom. The van der Waals surface area contributed by atoms with E-state index in [0.29, 0.717) is 24.3 Å². The number of para-hydroxylation sites is 1. The van der Waals surface area contributed by atoms with Gasteiger partial charge in [-0.2, -0.15) is 23.3 Å². The molecule has 2 aromatic carbocycles.